The average molecular weight is 256 g/mol. The predicted octanol–water partition coefficient (Wildman–Crippen LogP) is 3.85. The largest absolute Gasteiger partial charge is 0.363 e. The second-order valence-electron chi connectivity index (χ2n) is 3.23. The first-order valence-electron chi connectivity index (χ1n) is 4.51. The molecule has 0 N–H and O–H groups in total. The Bertz CT molecular complexity index is 528. The zero-order chi connectivity index (χ0) is 11.7. The number of rotatable bonds is 2. The summed E-state index contributed by atoms with van der Waals surface area (Å²) in [6, 6.07) is 5.09. The molecule has 0 saturated heterocycles. The molecule has 0 radical (unpaired) electrons. The molecule has 0 atom stereocenters. The van der Waals surface area contributed by atoms with Crippen molar-refractivity contribution in [3.63, 3.8) is 0 Å². The first kappa shape index (κ1) is 11.2. The highest BCUT2D eigenvalue weighted by atomic mass is 35.5. The molecule has 0 saturated carbocycles. The van der Waals surface area contributed by atoms with E-state index in [9.17, 15) is 4.79 Å². The smallest absolute Gasteiger partial charge is 0.165 e. The molecule has 0 unspecified atom stereocenters. The maximum absolute atomic E-state index is 11.3. The molecule has 0 aliphatic heterocycles. The van der Waals surface area contributed by atoms with Crippen LogP contribution in [0.15, 0.2) is 29.0 Å². The molecule has 1 heterocycles. The van der Waals surface area contributed by atoms with Crippen LogP contribution in [0.25, 0.3) is 11.3 Å². The molecule has 2 rings (SSSR count). The fraction of sp³-hybridized carbons (Fsp3) is 0.0909. The van der Waals surface area contributed by atoms with Crippen LogP contribution in [0.3, 0.4) is 0 Å². The molecule has 82 valence electrons. The Balaban J connectivity index is 2.68. The summed E-state index contributed by atoms with van der Waals surface area (Å²) in [5.74, 6) is -0.146. The van der Waals surface area contributed by atoms with Gasteiger partial charge in [-0.1, -0.05) is 34.4 Å². The van der Waals surface area contributed by atoms with Gasteiger partial charge in [-0.3, -0.25) is 4.79 Å². The SMILES string of the molecule is CC(=O)c1conc1-c1c(Cl)cccc1Cl. The van der Waals surface area contributed by atoms with Crippen molar-refractivity contribution >= 4 is 29.0 Å². The van der Waals surface area contributed by atoms with E-state index < -0.39 is 0 Å². The molecule has 16 heavy (non-hydrogen) atoms. The number of Topliss-reactive ketones (excluding diaryl/α,β-unsaturated/α-hetero) is 1. The summed E-state index contributed by atoms with van der Waals surface area (Å²) >= 11 is 12.0. The van der Waals surface area contributed by atoms with Crippen LogP contribution in [0.5, 0.6) is 0 Å². The molecule has 2 aromatic rings. The number of carbonyl (C=O) groups excluding carboxylic acids is 1. The highest BCUT2D eigenvalue weighted by molar-refractivity contribution is 6.39. The van der Waals surface area contributed by atoms with Crippen LogP contribution in [0, 0.1) is 0 Å². The predicted molar refractivity (Wildman–Crippen MR) is 62.0 cm³/mol. The number of hydrogen-bond donors (Lipinski definition) is 0. The first-order chi connectivity index (χ1) is 7.61. The van der Waals surface area contributed by atoms with Crippen LogP contribution in [0.1, 0.15) is 17.3 Å². The Labute approximate surface area is 102 Å². The molecule has 5 heteroatoms. The molecule has 0 aliphatic carbocycles. The van der Waals surface area contributed by atoms with Gasteiger partial charge in [0.15, 0.2) is 5.78 Å². The zero-order valence-corrected chi connectivity index (χ0v) is 9.84. The standard InChI is InChI=1S/C11H7Cl2NO2/c1-6(15)7-5-16-14-11(7)10-8(12)3-2-4-9(10)13/h2-5H,1H3. The summed E-state index contributed by atoms with van der Waals surface area (Å²) < 4.78 is 4.78. The second kappa shape index (κ2) is 4.28. The highest BCUT2D eigenvalue weighted by Crippen LogP contribution is 2.35. The van der Waals surface area contributed by atoms with Crippen molar-refractivity contribution < 1.29 is 9.32 Å². The number of halogens is 2. The van der Waals surface area contributed by atoms with E-state index in [0.717, 1.165) is 0 Å². The third-order valence-electron chi connectivity index (χ3n) is 2.15. The van der Waals surface area contributed by atoms with E-state index in [1.165, 1.54) is 13.2 Å². The summed E-state index contributed by atoms with van der Waals surface area (Å²) in [4.78, 5) is 11.3. The fourth-order valence-electron chi connectivity index (χ4n) is 1.39. The molecule has 0 fully saturated rings. The van der Waals surface area contributed by atoms with Gasteiger partial charge in [0.1, 0.15) is 12.0 Å². The minimum atomic E-state index is -0.146. The quantitative estimate of drug-likeness (QED) is 0.766. The number of hydrogen-bond acceptors (Lipinski definition) is 3. The van der Waals surface area contributed by atoms with Crippen LogP contribution in [-0.4, -0.2) is 10.9 Å². The molecule has 1 aromatic heterocycles. The van der Waals surface area contributed by atoms with Crippen LogP contribution in [0.2, 0.25) is 10.0 Å². The molecular formula is C11H7Cl2NO2. The molecule has 0 aliphatic rings. The first-order valence-corrected chi connectivity index (χ1v) is 5.26. The Morgan fingerprint density at radius 2 is 1.94 bits per heavy atom. The van der Waals surface area contributed by atoms with Crippen molar-refractivity contribution in [2.45, 2.75) is 6.92 Å². The van der Waals surface area contributed by atoms with Gasteiger partial charge in [0.2, 0.25) is 0 Å². The van der Waals surface area contributed by atoms with Gasteiger partial charge in [0, 0.05) is 5.56 Å². The minimum Gasteiger partial charge on any atom is -0.363 e. The van der Waals surface area contributed by atoms with E-state index in [-0.39, 0.29) is 5.78 Å². The van der Waals surface area contributed by atoms with Crippen LogP contribution in [0.4, 0.5) is 0 Å². The Hall–Kier alpha value is -1.32. The number of nitrogens with zero attached hydrogens (tertiary/aromatic N) is 1. The van der Waals surface area contributed by atoms with Gasteiger partial charge in [0.05, 0.1) is 15.6 Å². The minimum absolute atomic E-state index is 0.146. The fourth-order valence-corrected chi connectivity index (χ4v) is 1.97. The zero-order valence-electron chi connectivity index (χ0n) is 8.33. The molecular weight excluding hydrogens is 249 g/mol. The highest BCUT2D eigenvalue weighted by Gasteiger charge is 2.18. The number of ketones is 1. The van der Waals surface area contributed by atoms with Gasteiger partial charge < -0.3 is 4.52 Å². The summed E-state index contributed by atoms with van der Waals surface area (Å²) in [5.41, 5.74) is 1.27. The van der Waals surface area contributed by atoms with E-state index in [2.05, 4.69) is 5.16 Å². The van der Waals surface area contributed by atoms with Crippen LogP contribution in [-0.2, 0) is 0 Å². The van der Waals surface area contributed by atoms with Gasteiger partial charge in [-0.25, -0.2) is 0 Å². The van der Waals surface area contributed by atoms with E-state index in [1.54, 1.807) is 18.2 Å². The monoisotopic (exact) mass is 255 g/mol. The molecule has 0 spiro atoms. The van der Waals surface area contributed by atoms with Crippen molar-refractivity contribution in [1.82, 2.24) is 5.16 Å². The summed E-state index contributed by atoms with van der Waals surface area (Å²) in [6.07, 6.45) is 1.29. The molecule has 1 aromatic carbocycles. The molecule has 0 amide bonds. The average Bonchev–Trinajstić information content (AvgIpc) is 2.66. The van der Waals surface area contributed by atoms with E-state index in [0.29, 0.717) is 26.9 Å². The lowest BCUT2D eigenvalue weighted by Gasteiger charge is -2.03. The Morgan fingerprint density at radius 1 is 1.31 bits per heavy atom. The van der Waals surface area contributed by atoms with Crippen LogP contribution >= 0.6 is 23.2 Å². The normalized spacial score (nSPS) is 10.4. The summed E-state index contributed by atoms with van der Waals surface area (Å²) in [6.45, 7) is 1.43. The third kappa shape index (κ3) is 1.84. The summed E-state index contributed by atoms with van der Waals surface area (Å²) in [7, 11) is 0. The number of aromatic nitrogens is 1. The Kier molecular flexibility index (Phi) is 2.99. The second-order valence-corrected chi connectivity index (χ2v) is 4.04. The van der Waals surface area contributed by atoms with Gasteiger partial charge >= 0.3 is 0 Å². The third-order valence-corrected chi connectivity index (χ3v) is 2.78. The van der Waals surface area contributed by atoms with E-state index in [4.69, 9.17) is 27.7 Å². The van der Waals surface area contributed by atoms with Crippen molar-refractivity contribution in [3.05, 3.63) is 40.1 Å². The van der Waals surface area contributed by atoms with Gasteiger partial charge in [-0.05, 0) is 19.1 Å². The van der Waals surface area contributed by atoms with Crippen molar-refractivity contribution in [1.29, 1.82) is 0 Å². The lowest BCUT2D eigenvalue weighted by molar-refractivity contribution is 0.101. The lowest BCUT2D eigenvalue weighted by Crippen LogP contribution is -1.94. The van der Waals surface area contributed by atoms with Crippen molar-refractivity contribution in [2.75, 3.05) is 0 Å². The van der Waals surface area contributed by atoms with Gasteiger partial charge in [-0.15, -0.1) is 0 Å². The van der Waals surface area contributed by atoms with Gasteiger partial charge in [0.25, 0.3) is 0 Å². The number of benzene rings is 1. The number of carbonyl (C=O) groups is 1. The Morgan fingerprint density at radius 3 is 2.50 bits per heavy atom. The summed E-state index contributed by atoms with van der Waals surface area (Å²) in [5, 5.41) is 4.63. The topological polar surface area (TPSA) is 43.1 Å². The van der Waals surface area contributed by atoms with Gasteiger partial charge in [-0.2, -0.15) is 0 Å². The van der Waals surface area contributed by atoms with E-state index in [1.807, 2.05) is 0 Å². The van der Waals surface area contributed by atoms with Crippen molar-refractivity contribution in [2.24, 2.45) is 0 Å². The maximum atomic E-state index is 11.3. The maximum Gasteiger partial charge on any atom is 0.165 e. The van der Waals surface area contributed by atoms with Crippen molar-refractivity contribution in [3.8, 4) is 11.3 Å². The van der Waals surface area contributed by atoms with E-state index >= 15 is 0 Å². The molecule has 0 bridgehead atoms. The van der Waals surface area contributed by atoms with Crippen LogP contribution < -0.4 is 0 Å². The molecule has 3 nitrogen and oxygen atoms in total. The lowest BCUT2D eigenvalue weighted by atomic mass is 10.1.